The van der Waals surface area contributed by atoms with E-state index in [1.165, 1.54) is 11.1 Å². The minimum Gasteiger partial charge on any atom is -0.481 e. The Kier molecular flexibility index (Phi) is 4.50. The van der Waals surface area contributed by atoms with E-state index in [1.807, 2.05) is 19.1 Å². The van der Waals surface area contributed by atoms with E-state index in [9.17, 15) is 4.79 Å². The van der Waals surface area contributed by atoms with Crippen molar-refractivity contribution in [2.45, 2.75) is 39.3 Å². The molecule has 2 unspecified atom stereocenters. The van der Waals surface area contributed by atoms with Gasteiger partial charge in [0.15, 0.2) is 0 Å². The first kappa shape index (κ1) is 12.7. The standard InChI is InChI=1S/C13H19NO2/c1-9-6-4-5-7-12(9)11(3)14-10(2)8-13(15)16/h4-7,10-11,14H,8H2,1-3H3,(H,15,16). The Balaban J connectivity index is 2.62. The highest BCUT2D eigenvalue weighted by atomic mass is 16.4. The molecule has 0 fully saturated rings. The van der Waals surface area contributed by atoms with Crippen molar-refractivity contribution in [1.82, 2.24) is 5.32 Å². The number of rotatable bonds is 5. The van der Waals surface area contributed by atoms with Crippen LogP contribution in [0.1, 0.15) is 37.4 Å². The molecule has 16 heavy (non-hydrogen) atoms. The molecule has 1 aromatic rings. The Labute approximate surface area is 96.5 Å². The molecular weight excluding hydrogens is 202 g/mol. The molecule has 0 aromatic heterocycles. The Morgan fingerprint density at radius 3 is 2.56 bits per heavy atom. The van der Waals surface area contributed by atoms with Gasteiger partial charge in [0.05, 0.1) is 6.42 Å². The fourth-order valence-corrected chi connectivity index (χ4v) is 1.91. The number of carbonyl (C=O) groups is 1. The molecular formula is C13H19NO2. The molecule has 1 aromatic carbocycles. The Morgan fingerprint density at radius 1 is 1.38 bits per heavy atom. The summed E-state index contributed by atoms with van der Waals surface area (Å²) >= 11 is 0. The summed E-state index contributed by atoms with van der Waals surface area (Å²) in [6.45, 7) is 6.01. The molecule has 0 radical (unpaired) electrons. The summed E-state index contributed by atoms with van der Waals surface area (Å²) in [7, 11) is 0. The lowest BCUT2D eigenvalue weighted by molar-refractivity contribution is -0.137. The fourth-order valence-electron chi connectivity index (χ4n) is 1.91. The second kappa shape index (κ2) is 5.66. The minimum atomic E-state index is -0.767. The van der Waals surface area contributed by atoms with Gasteiger partial charge in [-0.1, -0.05) is 24.3 Å². The van der Waals surface area contributed by atoms with Crippen LogP contribution in [0.3, 0.4) is 0 Å². The first-order valence-electron chi connectivity index (χ1n) is 5.54. The van der Waals surface area contributed by atoms with Crippen LogP contribution in [0.4, 0.5) is 0 Å². The van der Waals surface area contributed by atoms with Crippen LogP contribution in [0.2, 0.25) is 0 Å². The van der Waals surface area contributed by atoms with Gasteiger partial charge < -0.3 is 10.4 Å². The van der Waals surface area contributed by atoms with E-state index in [1.54, 1.807) is 0 Å². The number of hydrogen-bond donors (Lipinski definition) is 2. The van der Waals surface area contributed by atoms with Gasteiger partial charge in [0.1, 0.15) is 0 Å². The van der Waals surface area contributed by atoms with E-state index in [2.05, 4.69) is 31.3 Å². The highest BCUT2D eigenvalue weighted by Crippen LogP contribution is 2.17. The summed E-state index contributed by atoms with van der Waals surface area (Å²) in [6.07, 6.45) is 0.149. The maximum Gasteiger partial charge on any atom is 0.304 e. The summed E-state index contributed by atoms with van der Waals surface area (Å²) in [4.78, 5) is 10.6. The highest BCUT2D eigenvalue weighted by Gasteiger charge is 2.13. The van der Waals surface area contributed by atoms with E-state index in [-0.39, 0.29) is 18.5 Å². The van der Waals surface area contributed by atoms with Crippen molar-refractivity contribution < 1.29 is 9.90 Å². The number of nitrogens with one attached hydrogen (secondary N) is 1. The Morgan fingerprint density at radius 2 is 2.00 bits per heavy atom. The fraction of sp³-hybridized carbons (Fsp3) is 0.462. The molecule has 0 saturated heterocycles. The van der Waals surface area contributed by atoms with Gasteiger partial charge in [0, 0.05) is 12.1 Å². The molecule has 3 heteroatoms. The maximum absolute atomic E-state index is 10.6. The van der Waals surface area contributed by atoms with Crippen LogP contribution in [0.15, 0.2) is 24.3 Å². The smallest absolute Gasteiger partial charge is 0.304 e. The Bertz CT molecular complexity index is 363. The van der Waals surface area contributed by atoms with Crippen molar-refractivity contribution in [3.05, 3.63) is 35.4 Å². The molecule has 1 rings (SSSR count). The predicted octanol–water partition coefficient (Wildman–Crippen LogP) is 2.51. The van der Waals surface area contributed by atoms with Crippen LogP contribution in [0.25, 0.3) is 0 Å². The van der Waals surface area contributed by atoms with E-state index >= 15 is 0 Å². The molecule has 0 spiro atoms. The summed E-state index contributed by atoms with van der Waals surface area (Å²) < 4.78 is 0. The van der Waals surface area contributed by atoms with Gasteiger partial charge in [-0.2, -0.15) is 0 Å². The highest BCUT2D eigenvalue weighted by molar-refractivity contribution is 5.67. The number of carboxylic acid groups (broad SMARTS) is 1. The zero-order valence-corrected chi connectivity index (χ0v) is 10.0. The quantitative estimate of drug-likeness (QED) is 0.803. The van der Waals surface area contributed by atoms with Crippen LogP contribution in [0.5, 0.6) is 0 Å². The molecule has 0 heterocycles. The average Bonchev–Trinajstić information content (AvgIpc) is 2.16. The molecule has 0 amide bonds. The van der Waals surface area contributed by atoms with Gasteiger partial charge >= 0.3 is 5.97 Å². The molecule has 2 atom stereocenters. The first-order valence-corrected chi connectivity index (χ1v) is 5.54. The largest absolute Gasteiger partial charge is 0.481 e. The van der Waals surface area contributed by atoms with Crippen molar-refractivity contribution in [3.63, 3.8) is 0 Å². The van der Waals surface area contributed by atoms with Crippen LogP contribution in [0, 0.1) is 6.92 Å². The van der Waals surface area contributed by atoms with E-state index in [4.69, 9.17) is 5.11 Å². The molecule has 0 bridgehead atoms. The van der Waals surface area contributed by atoms with Gasteiger partial charge in [-0.3, -0.25) is 4.79 Å². The zero-order chi connectivity index (χ0) is 12.1. The molecule has 0 aliphatic carbocycles. The van der Waals surface area contributed by atoms with Gasteiger partial charge in [0.25, 0.3) is 0 Å². The molecule has 0 aliphatic rings. The number of carboxylic acids is 1. The van der Waals surface area contributed by atoms with Crippen LogP contribution in [-0.4, -0.2) is 17.1 Å². The SMILES string of the molecule is Cc1ccccc1C(C)NC(C)CC(=O)O. The topological polar surface area (TPSA) is 49.3 Å². The Hall–Kier alpha value is -1.35. The number of aryl methyl sites for hydroxylation is 1. The second-order valence-corrected chi connectivity index (χ2v) is 4.24. The third-order valence-corrected chi connectivity index (χ3v) is 2.67. The van der Waals surface area contributed by atoms with Crippen LogP contribution in [-0.2, 0) is 4.79 Å². The van der Waals surface area contributed by atoms with Crippen molar-refractivity contribution >= 4 is 5.97 Å². The lowest BCUT2D eigenvalue weighted by atomic mass is 10.0. The van der Waals surface area contributed by atoms with E-state index < -0.39 is 5.97 Å². The maximum atomic E-state index is 10.6. The van der Waals surface area contributed by atoms with Gasteiger partial charge in [-0.15, -0.1) is 0 Å². The van der Waals surface area contributed by atoms with Crippen LogP contribution >= 0.6 is 0 Å². The van der Waals surface area contributed by atoms with Crippen molar-refractivity contribution in [1.29, 1.82) is 0 Å². The summed E-state index contributed by atoms with van der Waals surface area (Å²) in [5.41, 5.74) is 2.45. The van der Waals surface area contributed by atoms with Crippen molar-refractivity contribution in [3.8, 4) is 0 Å². The van der Waals surface area contributed by atoms with Gasteiger partial charge in [-0.05, 0) is 31.9 Å². The normalized spacial score (nSPS) is 14.4. The second-order valence-electron chi connectivity index (χ2n) is 4.24. The summed E-state index contributed by atoms with van der Waals surface area (Å²) in [5, 5.41) is 12.0. The number of benzene rings is 1. The van der Waals surface area contributed by atoms with E-state index in [0.29, 0.717) is 0 Å². The molecule has 0 saturated carbocycles. The summed E-state index contributed by atoms with van der Waals surface area (Å²) in [6, 6.07) is 8.30. The third kappa shape index (κ3) is 3.66. The van der Waals surface area contributed by atoms with Crippen molar-refractivity contribution in [2.75, 3.05) is 0 Å². The van der Waals surface area contributed by atoms with Crippen LogP contribution < -0.4 is 5.32 Å². The minimum absolute atomic E-state index is 0.0212. The van der Waals surface area contributed by atoms with Gasteiger partial charge in [0.2, 0.25) is 0 Å². The number of hydrogen-bond acceptors (Lipinski definition) is 2. The third-order valence-electron chi connectivity index (χ3n) is 2.67. The lowest BCUT2D eigenvalue weighted by Crippen LogP contribution is -2.31. The lowest BCUT2D eigenvalue weighted by Gasteiger charge is -2.20. The molecule has 3 nitrogen and oxygen atoms in total. The molecule has 0 aliphatic heterocycles. The predicted molar refractivity (Wildman–Crippen MR) is 64.4 cm³/mol. The first-order chi connectivity index (χ1) is 7.50. The van der Waals surface area contributed by atoms with E-state index in [0.717, 1.165) is 0 Å². The molecule has 88 valence electrons. The molecule has 2 N–H and O–H groups in total. The monoisotopic (exact) mass is 221 g/mol. The summed E-state index contributed by atoms with van der Waals surface area (Å²) in [5.74, 6) is -0.767. The zero-order valence-electron chi connectivity index (χ0n) is 10.0. The van der Waals surface area contributed by atoms with Gasteiger partial charge in [-0.25, -0.2) is 0 Å². The van der Waals surface area contributed by atoms with Crippen molar-refractivity contribution in [2.24, 2.45) is 0 Å². The average molecular weight is 221 g/mol. The number of aliphatic carboxylic acids is 1.